The summed E-state index contributed by atoms with van der Waals surface area (Å²) in [5.74, 6) is -0.239. The van der Waals surface area contributed by atoms with Crippen molar-refractivity contribution in [1.82, 2.24) is 4.40 Å². The number of fused-ring (bicyclic) bond motifs is 1. The van der Waals surface area contributed by atoms with E-state index in [9.17, 15) is 9.59 Å². The zero-order valence-electron chi connectivity index (χ0n) is 14.8. The Labute approximate surface area is 152 Å². The molecule has 0 unspecified atom stereocenters. The van der Waals surface area contributed by atoms with E-state index >= 15 is 0 Å². The van der Waals surface area contributed by atoms with Gasteiger partial charge in [-0.15, -0.1) is 0 Å². The number of carbonyl (C=O) groups is 2. The maximum atomic E-state index is 12.9. The molecular formula is C21H22N2O3. The molecular weight excluding hydrogens is 328 g/mol. The monoisotopic (exact) mass is 350 g/mol. The summed E-state index contributed by atoms with van der Waals surface area (Å²) in [6.45, 7) is 2.20. The summed E-state index contributed by atoms with van der Waals surface area (Å²) in [5, 5.41) is 0. The number of hydrogen-bond donors (Lipinski definition) is 1. The van der Waals surface area contributed by atoms with Crippen molar-refractivity contribution in [2.75, 3.05) is 12.3 Å². The molecule has 26 heavy (non-hydrogen) atoms. The standard InChI is InChI=1S/C21H22N2O3/c1-2-26-20(24)8-5-6-16-14-19(23-13-4-3-7-18(16)23)21(25)15-9-11-17(22)12-10-15/h3-4,7,9-14H,2,5-6,8,22H2,1H3. The van der Waals surface area contributed by atoms with Gasteiger partial charge in [-0.2, -0.15) is 0 Å². The maximum absolute atomic E-state index is 12.9. The fraction of sp³-hybridized carbons (Fsp3) is 0.238. The highest BCUT2D eigenvalue weighted by atomic mass is 16.5. The second kappa shape index (κ2) is 7.87. The first-order chi connectivity index (χ1) is 12.6. The molecule has 0 fully saturated rings. The van der Waals surface area contributed by atoms with Gasteiger partial charge in [0, 0.05) is 29.4 Å². The van der Waals surface area contributed by atoms with E-state index in [-0.39, 0.29) is 11.8 Å². The minimum Gasteiger partial charge on any atom is -0.466 e. The van der Waals surface area contributed by atoms with Gasteiger partial charge < -0.3 is 14.9 Å². The van der Waals surface area contributed by atoms with Crippen LogP contribution in [0.4, 0.5) is 5.69 Å². The molecule has 5 heteroatoms. The highest BCUT2D eigenvalue weighted by molar-refractivity contribution is 6.09. The maximum Gasteiger partial charge on any atom is 0.305 e. The first kappa shape index (κ1) is 17.7. The number of benzene rings is 1. The van der Waals surface area contributed by atoms with Gasteiger partial charge in [-0.25, -0.2) is 0 Å². The molecule has 0 aliphatic rings. The van der Waals surface area contributed by atoms with Gasteiger partial charge in [-0.3, -0.25) is 9.59 Å². The first-order valence-electron chi connectivity index (χ1n) is 8.75. The van der Waals surface area contributed by atoms with Crippen molar-refractivity contribution in [3.05, 3.63) is 71.5 Å². The van der Waals surface area contributed by atoms with Crippen molar-refractivity contribution >= 4 is 23.0 Å². The Balaban J connectivity index is 1.86. The number of carbonyl (C=O) groups excluding carboxylic acids is 2. The van der Waals surface area contributed by atoms with Crippen molar-refractivity contribution < 1.29 is 14.3 Å². The van der Waals surface area contributed by atoms with Gasteiger partial charge in [0.15, 0.2) is 0 Å². The number of ether oxygens (including phenoxy) is 1. The fourth-order valence-corrected chi connectivity index (χ4v) is 3.04. The van der Waals surface area contributed by atoms with Gasteiger partial charge in [0.25, 0.3) is 0 Å². The van der Waals surface area contributed by atoms with E-state index in [4.69, 9.17) is 10.5 Å². The van der Waals surface area contributed by atoms with E-state index in [1.54, 1.807) is 31.2 Å². The normalized spacial score (nSPS) is 10.8. The van der Waals surface area contributed by atoms with Crippen LogP contribution in [0.1, 0.15) is 41.4 Å². The molecule has 0 aliphatic carbocycles. The molecule has 0 radical (unpaired) electrons. The molecule has 3 aromatic rings. The highest BCUT2D eigenvalue weighted by Gasteiger charge is 2.17. The average Bonchev–Trinajstić information content (AvgIpc) is 3.01. The number of pyridine rings is 1. The van der Waals surface area contributed by atoms with E-state index in [0.717, 1.165) is 11.1 Å². The van der Waals surface area contributed by atoms with Gasteiger partial charge >= 0.3 is 5.97 Å². The number of aromatic nitrogens is 1. The summed E-state index contributed by atoms with van der Waals surface area (Å²) in [6, 6.07) is 14.7. The molecule has 1 aromatic carbocycles. The van der Waals surface area contributed by atoms with E-state index in [0.29, 0.717) is 42.8 Å². The zero-order valence-corrected chi connectivity index (χ0v) is 14.8. The van der Waals surface area contributed by atoms with Crippen LogP contribution in [0.25, 0.3) is 5.52 Å². The summed E-state index contributed by atoms with van der Waals surface area (Å²) < 4.78 is 6.87. The lowest BCUT2D eigenvalue weighted by atomic mass is 10.1. The Morgan fingerprint density at radius 2 is 1.88 bits per heavy atom. The van der Waals surface area contributed by atoms with Crippen LogP contribution in [0.15, 0.2) is 54.7 Å². The SMILES string of the molecule is CCOC(=O)CCCc1cc(C(=O)c2ccc(N)cc2)n2ccccc12. The number of aryl methyl sites for hydroxylation is 1. The molecule has 2 aromatic heterocycles. The second-order valence-corrected chi connectivity index (χ2v) is 6.12. The van der Waals surface area contributed by atoms with Crippen LogP contribution in [-0.4, -0.2) is 22.8 Å². The van der Waals surface area contributed by atoms with Gasteiger partial charge in [0.05, 0.1) is 12.3 Å². The van der Waals surface area contributed by atoms with Crippen LogP contribution in [0.3, 0.4) is 0 Å². The number of nitrogen functional groups attached to an aromatic ring is 1. The molecule has 0 atom stereocenters. The molecule has 0 aliphatic heterocycles. The lowest BCUT2D eigenvalue weighted by Gasteiger charge is -2.03. The van der Waals surface area contributed by atoms with Gasteiger partial charge in [-0.1, -0.05) is 6.07 Å². The second-order valence-electron chi connectivity index (χ2n) is 6.12. The van der Waals surface area contributed by atoms with E-state index < -0.39 is 0 Å². The number of rotatable bonds is 7. The van der Waals surface area contributed by atoms with Crippen molar-refractivity contribution in [1.29, 1.82) is 0 Å². The third kappa shape index (κ3) is 3.77. The third-order valence-corrected chi connectivity index (χ3v) is 4.30. The van der Waals surface area contributed by atoms with Gasteiger partial charge in [0.1, 0.15) is 0 Å². The summed E-state index contributed by atoms with van der Waals surface area (Å²) >= 11 is 0. The molecule has 0 bridgehead atoms. The molecule has 0 spiro atoms. The number of anilines is 1. The van der Waals surface area contributed by atoms with E-state index in [2.05, 4.69) is 0 Å². The molecule has 2 N–H and O–H groups in total. The number of hydrogen-bond acceptors (Lipinski definition) is 4. The minimum absolute atomic E-state index is 0.0529. The zero-order chi connectivity index (χ0) is 18.5. The average molecular weight is 350 g/mol. The predicted molar refractivity (Wildman–Crippen MR) is 101 cm³/mol. The number of ketones is 1. The van der Waals surface area contributed by atoms with Crippen LogP contribution in [-0.2, 0) is 16.0 Å². The number of nitrogens with two attached hydrogens (primary N) is 1. The lowest BCUT2D eigenvalue weighted by molar-refractivity contribution is -0.143. The summed E-state index contributed by atoms with van der Waals surface area (Å²) in [4.78, 5) is 24.4. The van der Waals surface area contributed by atoms with Crippen molar-refractivity contribution in [3.63, 3.8) is 0 Å². The molecule has 0 saturated carbocycles. The molecule has 134 valence electrons. The molecule has 3 rings (SSSR count). The van der Waals surface area contributed by atoms with Crippen LogP contribution in [0.2, 0.25) is 0 Å². The van der Waals surface area contributed by atoms with E-state index in [1.165, 1.54) is 0 Å². The summed E-state index contributed by atoms with van der Waals surface area (Å²) in [5.41, 5.74) is 9.57. The Morgan fingerprint density at radius 3 is 2.62 bits per heavy atom. The van der Waals surface area contributed by atoms with E-state index in [1.807, 2.05) is 34.9 Å². The third-order valence-electron chi connectivity index (χ3n) is 4.30. The first-order valence-corrected chi connectivity index (χ1v) is 8.75. The lowest BCUT2D eigenvalue weighted by Crippen LogP contribution is -2.05. The van der Waals surface area contributed by atoms with Crippen molar-refractivity contribution in [2.45, 2.75) is 26.2 Å². The van der Waals surface area contributed by atoms with Crippen LogP contribution in [0, 0.1) is 0 Å². The largest absolute Gasteiger partial charge is 0.466 e. The summed E-state index contributed by atoms with van der Waals surface area (Å²) in [6.07, 6.45) is 3.65. The summed E-state index contributed by atoms with van der Waals surface area (Å²) in [7, 11) is 0. The Morgan fingerprint density at radius 1 is 1.12 bits per heavy atom. The van der Waals surface area contributed by atoms with Gasteiger partial charge in [-0.05, 0) is 67.8 Å². The van der Waals surface area contributed by atoms with Crippen LogP contribution in [0.5, 0.6) is 0 Å². The molecule has 5 nitrogen and oxygen atoms in total. The Bertz CT molecular complexity index is 926. The Kier molecular flexibility index (Phi) is 5.37. The number of nitrogens with zero attached hydrogens (tertiary/aromatic N) is 1. The quantitative estimate of drug-likeness (QED) is 0.401. The van der Waals surface area contributed by atoms with Crippen molar-refractivity contribution in [2.24, 2.45) is 0 Å². The van der Waals surface area contributed by atoms with Gasteiger partial charge in [0.2, 0.25) is 5.78 Å². The predicted octanol–water partition coefficient (Wildman–Crippen LogP) is 3.64. The molecule has 0 amide bonds. The minimum atomic E-state index is -0.186. The van der Waals surface area contributed by atoms with Crippen LogP contribution >= 0.6 is 0 Å². The smallest absolute Gasteiger partial charge is 0.305 e. The highest BCUT2D eigenvalue weighted by Crippen LogP contribution is 2.22. The molecule has 0 saturated heterocycles. The number of esters is 1. The topological polar surface area (TPSA) is 73.8 Å². The van der Waals surface area contributed by atoms with Crippen molar-refractivity contribution in [3.8, 4) is 0 Å². The molecule has 2 heterocycles. The fourth-order valence-electron chi connectivity index (χ4n) is 3.04. The Hall–Kier alpha value is -3.08. The van der Waals surface area contributed by atoms with Crippen LogP contribution < -0.4 is 5.73 Å².